The molecule has 0 atom stereocenters. The van der Waals surface area contributed by atoms with Crippen molar-refractivity contribution in [2.24, 2.45) is 0 Å². The Morgan fingerprint density at radius 2 is 1.67 bits per heavy atom. The van der Waals surface area contributed by atoms with Gasteiger partial charge in [-0.1, -0.05) is 56.8 Å². The number of hydrogen-bond acceptors (Lipinski definition) is 3. The summed E-state index contributed by atoms with van der Waals surface area (Å²) in [5.74, 6) is -0.224. The summed E-state index contributed by atoms with van der Waals surface area (Å²) < 4.78 is 0. The van der Waals surface area contributed by atoms with Crippen molar-refractivity contribution < 1.29 is 9.59 Å². The molecule has 0 aromatic heterocycles. The van der Waals surface area contributed by atoms with Crippen molar-refractivity contribution in [1.82, 2.24) is 4.90 Å². The molecule has 1 aliphatic carbocycles. The summed E-state index contributed by atoms with van der Waals surface area (Å²) in [5, 5.41) is 3.04. The number of amides is 2. The largest absolute Gasteiger partial charge is 0.350 e. The Morgan fingerprint density at radius 1 is 1.04 bits per heavy atom. The quantitative estimate of drug-likeness (QED) is 0.823. The first-order valence-electron chi connectivity index (χ1n) is 8.63. The van der Waals surface area contributed by atoms with Crippen LogP contribution in [0.1, 0.15) is 57.4 Å². The van der Waals surface area contributed by atoms with Crippen LogP contribution in [0.2, 0.25) is 0 Å². The lowest BCUT2D eigenvalue weighted by atomic mass is 9.94. The van der Waals surface area contributed by atoms with Crippen molar-refractivity contribution in [2.75, 3.05) is 5.32 Å². The van der Waals surface area contributed by atoms with Gasteiger partial charge in [-0.3, -0.25) is 14.5 Å². The molecule has 1 aromatic rings. The molecule has 5 heteroatoms. The number of halogens is 1. The number of anilines is 1. The second-order valence-electron chi connectivity index (χ2n) is 6.86. The Bertz CT molecular complexity index is 673. The normalized spacial score (nSPS) is 19.6. The van der Waals surface area contributed by atoms with Crippen molar-refractivity contribution in [2.45, 2.75) is 57.9 Å². The van der Waals surface area contributed by atoms with Crippen molar-refractivity contribution in [3.05, 3.63) is 40.6 Å². The highest BCUT2D eigenvalue weighted by atomic mass is 35.5. The van der Waals surface area contributed by atoms with E-state index < -0.39 is 0 Å². The Labute approximate surface area is 147 Å². The first-order valence-corrected chi connectivity index (χ1v) is 9.01. The fourth-order valence-electron chi connectivity index (χ4n) is 3.39. The second-order valence-corrected chi connectivity index (χ2v) is 7.24. The molecule has 2 aliphatic rings. The molecule has 128 valence electrons. The monoisotopic (exact) mass is 346 g/mol. The van der Waals surface area contributed by atoms with E-state index in [-0.39, 0.29) is 28.6 Å². The summed E-state index contributed by atoms with van der Waals surface area (Å²) in [6, 6.07) is 7.83. The van der Waals surface area contributed by atoms with Gasteiger partial charge in [0.2, 0.25) is 0 Å². The predicted octanol–water partition coefficient (Wildman–Crippen LogP) is 4.37. The number of imide groups is 1. The minimum absolute atomic E-state index is 0.00138. The van der Waals surface area contributed by atoms with Gasteiger partial charge in [-0.05, 0) is 36.5 Å². The molecular formula is C19H23ClN2O2. The van der Waals surface area contributed by atoms with Crippen LogP contribution >= 0.6 is 11.6 Å². The van der Waals surface area contributed by atoms with Gasteiger partial charge in [-0.15, -0.1) is 0 Å². The number of benzene rings is 1. The van der Waals surface area contributed by atoms with Crippen molar-refractivity contribution in [3.8, 4) is 0 Å². The molecule has 1 heterocycles. The molecule has 4 nitrogen and oxygen atoms in total. The lowest BCUT2D eigenvalue weighted by Crippen LogP contribution is -2.42. The van der Waals surface area contributed by atoms with Gasteiger partial charge in [0, 0.05) is 11.7 Å². The number of carbonyl (C=O) groups is 2. The average Bonchev–Trinajstić information content (AvgIpc) is 2.80. The van der Waals surface area contributed by atoms with Crippen LogP contribution in [0.25, 0.3) is 0 Å². The Balaban J connectivity index is 1.77. The SMILES string of the molecule is CC(C)c1ccc(NC2=C(Cl)C(=O)N(C3CCCCC3)C2=O)cc1. The first-order chi connectivity index (χ1) is 11.5. The van der Waals surface area contributed by atoms with Crippen LogP contribution in [0.15, 0.2) is 35.0 Å². The Hall–Kier alpha value is -1.81. The molecule has 3 rings (SSSR count). The lowest BCUT2D eigenvalue weighted by Gasteiger charge is -2.29. The summed E-state index contributed by atoms with van der Waals surface area (Å²) in [4.78, 5) is 26.5. The van der Waals surface area contributed by atoms with Crippen LogP contribution in [-0.2, 0) is 9.59 Å². The van der Waals surface area contributed by atoms with E-state index in [9.17, 15) is 9.59 Å². The first kappa shape index (κ1) is 17.0. The van der Waals surface area contributed by atoms with Gasteiger partial charge < -0.3 is 5.32 Å². The highest BCUT2D eigenvalue weighted by Crippen LogP contribution is 2.32. The van der Waals surface area contributed by atoms with E-state index >= 15 is 0 Å². The van der Waals surface area contributed by atoms with E-state index in [1.807, 2.05) is 24.3 Å². The standard InChI is InChI=1S/C19H23ClN2O2/c1-12(2)13-8-10-14(11-9-13)21-17-16(20)18(23)22(19(17)24)15-6-4-3-5-7-15/h8-12,15,21H,3-7H2,1-2H3. The number of rotatable bonds is 4. The third-order valence-electron chi connectivity index (χ3n) is 4.85. The molecule has 0 spiro atoms. The molecule has 1 fully saturated rings. The molecule has 1 N–H and O–H groups in total. The van der Waals surface area contributed by atoms with Gasteiger partial charge >= 0.3 is 0 Å². The molecular weight excluding hydrogens is 324 g/mol. The molecule has 0 saturated heterocycles. The maximum Gasteiger partial charge on any atom is 0.279 e. The number of hydrogen-bond donors (Lipinski definition) is 1. The Kier molecular flexibility index (Phi) is 4.95. The lowest BCUT2D eigenvalue weighted by molar-refractivity contribution is -0.140. The summed E-state index contributed by atoms with van der Waals surface area (Å²) >= 11 is 6.17. The van der Waals surface area contributed by atoms with Crippen LogP contribution in [-0.4, -0.2) is 22.8 Å². The molecule has 0 radical (unpaired) electrons. The molecule has 1 aliphatic heterocycles. The molecule has 24 heavy (non-hydrogen) atoms. The van der Waals surface area contributed by atoms with Crippen LogP contribution in [0.3, 0.4) is 0 Å². The second kappa shape index (κ2) is 6.98. The minimum Gasteiger partial charge on any atom is -0.350 e. The van der Waals surface area contributed by atoms with Crippen LogP contribution in [0.5, 0.6) is 0 Å². The van der Waals surface area contributed by atoms with E-state index in [4.69, 9.17) is 11.6 Å². The molecule has 1 aromatic carbocycles. The van der Waals surface area contributed by atoms with Gasteiger partial charge in [-0.25, -0.2) is 0 Å². The summed E-state index contributed by atoms with van der Waals surface area (Å²) in [6.45, 7) is 4.26. The summed E-state index contributed by atoms with van der Waals surface area (Å²) in [6.07, 6.45) is 5.02. The van der Waals surface area contributed by atoms with Crippen LogP contribution in [0, 0.1) is 0 Å². The molecule has 1 saturated carbocycles. The fraction of sp³-hybridized carbons (Fsp3) is 0.474. The smallest absolute Gasteiger partial charge is 0.279 e. The van der Waals surface area contributed by atoms with Gasteiger partial charge in [0.15, 0.2) is 0 Å². The minimum atomic E-state index is -0.366. The van der Waals surface area contributed by atoms with E-state index in [2.05, 4.69) is 19.2 Å². The van der Waals surface area contributed by atoms with Crippen molar-refractivity contribution >= 4 is 29.1 Å². The zero-order valence-electron chi connectivity index (χ0n) is 14.1. The zero-order valence-corrected chi connectivity index (χ0v) is 14.9. The highest BCUT2D eigenvalue weighted by molar-refractivity contribution is 6.48. The maximum atomic E-state index is 12.7. The van der Waals surface area contributed by atoms with Gasteiger partial charge in [0.25, 0.3) is 11.8 Å². The number of nitrogens with zero attached hydrogens (tertiary/aromatic N) is 1. The van der Waals surface area contributed by atoms with Gasteiger partial charge in [-0.2, -0.15) is 0 Å². The van der Waals surface area contributed by atoms with Gasteiger partial charge in [0.1, 0.15) is 10.7 Å². The van der Waals surface area contributed by atoms with E-state index in [1.54, 1.807) is 0 Å². The average molecular weight is 347 g/mol. The summed E-state index contributed by atoms with van der Waals surface area (Å²) in [5.41, 5.74) is 2.18. The topological polar surface area (TPSA) is 49.4 Å². The van der Waals surface area contributed by atoms with Gasteiger partial charge in [0.05, 0.1) is 0 Å². The third-order valence-corrected chi connectivity index (χ3v) is 5.20. The number of nitrogens with one attached hydrogen (secondary N) is 1. The highest BCUT2D eigenvalue weighted by Gasteiger charge is 2.42. The molecule has 0 unspecified atom stereocenters. The van der Waals surface area contributed by atoms with E-state index in [0.29, 0.717) is 5.92 Å². The van der Waals surface area contributed by atoms with E-state index in [0.717, 1.165) is 31.4 Å². The predicted molar refractivity (Wildman–Crippen MR) is 95.8 cm³/mol. The Morgan fingerprint density at radius 3 is 2.25 bits per heavy atom. The van der Waals surface area contributed by atoms with Crippen LogP contribution in [0.4, 0.5) is 5.69 Å². The van der Waals surface area contributed by atoms with Crippen molar-refractivity contribution in [1.29, 1.82) is 0 Å². The van der Waals surface area contributed by atoms with Crippen LogP contribution < -0.4 is 5.32 Å². The van der Waals surface area contributed by atoms with Crippen molar-refractivity contribution in [3.63, 3.8) is 0 Å². The molecule has 2 amide bonds. The third kappa shape index (κ3) is 3.20. The fourth-order valence-corrected chi connectivity index (χ4v) is 3.61. The van der Waals surface area contributed by atoms with E-state index in [1.165, 1.54) is 16.9 Å². The number of carbonyl (C=O) groups excluding carboxylic acids is 2. The summed E-state index contributed by atoms with van der Waals surface area (Å²) in [7, 11) is 0. The maximum absolute atomic E-state index is 12.7. The zero-order chi connectivity index (χ0) is 17.3. The molecule has 0 bridgehead atoms.